The topological polar surface area (TPSA) is 65.9 Å². The van der Waals surface area contributed by atoms with Gasteiger partial charge >= 0.3 is 0 Å². The SMILES string of the molecule is Cc1ccccc1OCC(O)C(=O)N1CCN(c2ccc(Cl)cn2)CC1. The second-order valence-electron chi connectivity index (χ2n) is 6.24. The highest BCUT2D eigenvalue weighted by molar-refractivity contribution is 6.30. The molecule has 1 aromatic heterocycles. The third-order valence-electron chi connectivity index (χ3n) is 4.40. The molecule has 1 atom stereocenters. The van der Waals surface area contributed by atoms with E-state index in [1.54, 1.807) is 17.2 Å². The third kappa shape index (κ3) is 4.45. The Balaban J connectivity index is 1.49. The number of halogens is 1. The highest BCUT2D eigenvalue weighted by Gasteiger charge is 2.27. The molecule has 1 aliphatic heterocycles. The lowest BCUT2D eigenvalue weighted by molar-refractivity contribution is -0.142. The molecule has 138 valence electrons. The van der Waals surface area contributed by atoms with E-state index in [2.05, 4.69) is 9.88 Å². The zero-order valence-electron chi connectivity index (χ0n) is 14.6. The van der Waals surface area contributed by atoms with Gasteiger partial charge in [-0.05, 0) is 30.7 Å². The van der Waals surface area contributed by atoms with E-state index in [0.29, 0.717) is 37.0 Å². The van der Waals surface area contributed by atoms with Crippen LogP contribution in [0.15, 0.2) is 42.6 Å². The number of rotatable bonds is 5. The number of pyridine rings is 1. The summed E-state index contributed by atoms with van der Waals surface area (Å²) in [6.45, 7) is 4.25. The van der Waals surface area contributed by atoms with Crippen LogP contribution in [0, 0.1) is 6.92 Å². The van der Waals surface area contributed by atoms with E-state index in [9.17, 15) is 9.90 Å². The minimum atomic E-state index is -1.17. The van der Waals surface area contributed by atoms with Crippen LogP contribution >= 0.6 is 11.6 Å². The Bertz CT molecular complexity index is 746. The van der Waals surface area contributed by atoms with Crippen molar-refractivity contribution < 1.29 is 14.6 Å². The van der Waals surface area contributed by atoms with E-state index in [1.165, 1.54) is 0 Å². The van der Waals surface area contributed by atoms with Crippen LogP contribution in [0.1, 0.15) is 5.56 Å². The highest BCUT2D eigenvalue weighted by Crippen LogP contribution is 2.18. The molecular weight excluding hydrogens is 354 g/mol. The molecule has 0 aliphatic carbocycles. The Hall–Kier alpha value is -2.31. The maximum absolute atomic E-state index is 12.4. The van der Waals surface area contributed by atoms with Crippen molar-refractivity contribution in [3.05, 3.63) is 53.2 Å². The summed E-state index contributed by atoms with van der Waals surface area (Å²) in [4.78, 5) is 20.5. The van der Waals surface area contributed by atoms with Gasteiger partial charge < -0.3 is 19.6 Å². The number of benzene rings is 1. The summed E-state index contributed by atoms with van der Waals surface area (Å²) in [6, 6.07) is 11.2. The van der Waals surface area contributed by atoms with Gasteiger partial charge in [-0.25, -0.2) is 4.98 Å². The quantitative estimate of drug-likeness (QED) is 0.867. The number of aryl methyl sites for hydroxylation is 1. The number of aromatic nitrogens is 1. The molecule has 1 aromatic carbocycles. The van der Waals surface area contributed by atoms with Crippen molar-refractivity contribution >= 4 is 23.3 Å². The van der Waals surface area contributed by atoms with Crippen LogP contribution in [-0.4, -0.2) is 59.8 Å². The van der Waals surface area contributed by atoms with E-state index < -0.39 is 6.10 Å². The molecule has 3 rings (SSSR count). The Kier molecular flexibility index (Phi) is 5.96. The number of amides is 1. The van der Waals surface area contributed by atoms with Crippen LogP contribution < -0.4 is 9.64 Å². The molecule has 2 aromatic rings. The fourth-order valence-electron chi connectivity index (χ4n) is 2.88. The first-order chi connectivity index (χ1) is 12.5. The fourth-order valence-corrected chi connectivity index (χ4v) is 2.99. The van der Waals surface area contributed by atoms with Crippen molar-refractivity contribution in [3.8, 4) is 5.75 Å². The predicted octanol–water partition coefficient (Wildman–Crippen LogP) is 2.13. The molecule has 0 spiro atoms. The first-order valence-electron chi connectivity index (χ1n) is 8.56. The molecular formula is C19H22ClN3O3. The van der Waals surface area contributed by atoms with E-state index in [4.69, 9.17) is 16.3 Å². The summed E-state index contributed by atoms with van der Waals surface area (Å²) in [5, 5.41) is 10.8. The fraction of sp³-hybridized carbons (Fsp3) is 0.368. The Morgan fingerprint density at radius 3 is 2.62 bits per heavy atom. The summed E-state index contributed by atoms with van der Waals surface area (Å²) < 4.78 is 5.58. The number of para-hydroxylation sites is 1. The second-order valence-corrected chi connectivity index (χ2v) is 6.68. The number of anilines is 1. The zero-order chi connectivity index (χ0) is 18.5. The van der Waals surface area contributed by atoms with Crippen LogP contribution in [0.2, 0.25) is 5.02 Å². The van der Waals surface area contributed by atoms with Gasteiger partial charge in [0.25, 0.3) is 5.91 Å². The third-order valence-corrected chi connectivity index (χ3v) is 4.63. The second kappa shape index (κ2) is 8.38. The number of hydrogen-bond acceptors (Lipinski definition) is 5. The van der Waals surface area contributed by atoms with Gasteiger partial charge in [0.1, 0.15) is 18.2 Å². The van der Waals surface area contributed by atoms with Crippen LogP contribution in [-0.2, 0) is 4.79 Å². The minimum absolute atomic E-state index is 0.0529. The lowest BCUT2D eigenvalue weighted by Gasteiger charge is -2.36. The molecule has 1 amide bonds. The van der Waals surface area contributed by atoms with E-state index in [-0.39, 0.29) is 12.5 Å². The first-order valence-corrected chi connectivity index (χ1v) is 8.94. The number of ether oxygens (including phenoxy) is 1. The monoisotopic (exact) mass is 375 g/mol. The molecule has 2 heterocycles. The molecule has 26 heavy (non-hydrogen) atoms. The van der Waals surface area contributed by atoms with Gasteiger partial charge in [0.2, 0.25) is 0 Å². The molecule has 7 heteroatoms. The Morgan fingerprint density at radius 1 is 1.23 bits per heavy atom. The van der Waals surface area contributed by atoms with Crippen molar-refractivity contribution in [1.29, 1.82) is 0 Å². The average molecular weight is 376 g/mol. The van der Waals surface area contributed by atoms with E-state index >= 15 is 0 Å². The van der Waals surface area contributed by atoms with Crippen LogP contribution in [0.3, 0.4) is 0 Å². The molecule has 1 unspecified atom stereocenters. The van der Waals surface area contributed by atoms with Crippen LogP contribution in [0.25, 0.3) is 0 Å². The smallest absolute Gasteiger partial charge is 0.255 e. The zero-order valence-corrected chi connectivity index (χ0v) is 15.4. The van der Waals surface area contributed by atoms with Gasteiger partial charge in [-0.3, -0.25) is 4.79 Å². The van der Waals surface area contributed by atoms with Crippen molar-refractivity contribution in [2.45, 2.75) is 13.0 Å². The number of aliphatic hydroxyl groups is 1. The first kappa shape index (κ1) is 18.5. The average Bonchev–Trinajstić information content (AvgIpc) is 2.67. The molecule has 1 fully saturated rings. The number of carbonyl (C=O) groups is 1. The summed E-state index contributed by atoms with van der Waals surface area (Å²) in [6.07, 6.45) is 0.441. The van der Waals surface area contributed by atoms with E-state index in [1.807, 2.05) is 37.3 Å². The molecule has 1 aliphatic rings. The number of hydrogen-bond donors (Lipinski definition) is 1. The summed E-state index contributed by atoms with van der Waals surface area (Å²) in [5.41, 5.74) is 0.969. The number of nitrogens with zero attached hydrogens (tertiary/aromatic N) is 3. The summed E-state index contributed by atoms with van der Waals surface area (Å²) in [5.74, 6) is 1.21. The van der Waals surface area contributed by atoms with Gasteiger partial charge in [-0.1, -0.05) is 29.8 Å². The van der Waals surface area contributed by atoms with Crippen LogP contribution in [0.4, 0.5) is 5.82 Å². The normalized spacial score (nSPS) is 15.7. The predicted molar refractivity (Wildman–Crippen MR) is 101 cm³/mol. The number of aliphatic hydroxyl groups excluding tert-OH is 1. The number of carbonyl (C=O) groups excluding carboxylic acids is 1. The van der Waals surface area contributed by atoms with Crippen molar-refractivity contribution in [3.63, 3.8) is 0 Å². The summed E-state index contributed by atoms with van der Waals surface area (Å²) >= 11 is 5.86. The molecule has 0 radical (unpaired) electrons. The Morgan fingerprint density at radius 2 is 1.96 bits per heavy atom. The molecule has 1 N–H and O–H groups in total. The van der Waals surface area contributed by atoms with Crippen LogP contribution in [0.5, 0.6) is 5.75 Å². The maximum Gasteiger partial charge on any atom is 0.255 e. The number of piperazine rings is 1. The molecule has 1 saturated heterocycles. The van der Waals surface area contributed by atoms with Crippen molar-refractivity contribution in [2.75, 3.05) is 37.7 Å². The lowest BCUT2D eigenvalue weighted by atomic mass is 10.2. The van der Waals surface area contributed by atoms with Crippen molar-refractivity contribution in [2.24, 2.45) is 0 Å². The summed E-state index contributed by atoms with van der Waals surface area (Å²) in [7, 11) is 0. The minimum Gasteiger partial charge on any atom is -0.490 e. The van der Waals surface area contributed by atoms with Gasteiger partial charge in [-0.2, -0.15) is 0 Å². The molecule has 6 nitrogen and oxygen atoms in total. The largest absolute Gasteiger partial charge is 0.490 e. The van der Waals surface area contributed by atoms with E-state index in [0.717, 1.165) is 11.4 Å². The lowest BCUT2D eigenvalue weighted by Crippen LogP contribution is -2.52. The maximum atomic E-state index is 12.4. The van der Waals surface area contributed by atoms with Gasteiger partial charge in [0.15, 0.2) is 6.10 Å². The highest BCUT2D eigenvalue weighted by atomic mass is 35.5. The van der Waals surface area contributed by atoms with Crippen molar-refractivity contribution in [1.82, 2.24) is 9.88 Å². The molecule has 0 bridgehead atoms. The van der Waals surface area contributed by atoms with Gasteiger partial charge in [0.05, 0.1) is 5.02 Å². The standard InChI is InChI=1S/C19H22ClN3O3/c1-14-4-2-3-5-17(14)26-13-16(24)19(25)23-10-8-22(9-11-23)18-7-6-15(20)12-21-18/h2-7,12,16,24H,8-11,13H2,1H3. The Labute approximate surface area is 158 Å². The van der Waals surface area contributed by atoms with Gasteiger partial charge in [0, 0.05) is 32.4 Å². The van der Waals surface area contributed by atoms with Gasteiger partial charge in [-0.15, -0.1) is 0 Å². The molecule has 0 saturated carbocycles.